The van der Waals surface area contributed by atoms with Crippen LogP contribution in [0.3, 0.4) is 0 Å². The summed E-state index contributed by atoms with van der Waals surface area (Å²) in [7, 11) is 10.7. The van der Waals surface area contributed by atoms with E-state index in [1.165, 1.54) is 137 Å². The normalized spacial score (nSPS) is 11.2. The van der Waals surface area contributed by atoms with Crippen molar-refractivity contribution in [1.82, 2.24) is 0 Å². The number of aryl methyl sites for hydroxylation is 6. The summed E-state index contributed by atoms with van der Waals surface area (Å²) in [6.07, 6.45) is 11.6. The molecule has 2 radical (unpaired) electrons. The van der Waals surface area contributed by atoms with Gasteiger partial charge in [-0.3, -0.25) is 0 Å². The van der Waals surface area contributed by atoms with E-state index in [0.717, 1.165) is 35.2 Å². The van der Waals surface area contributed by atoms with Crippen LogP contribution in [0, 0.1) is 6.07 Å². The molecule has 0 amide bonds. The van der Waals surface area contributed by atoms with Gasteiger partial charge in [0.1, 0.15) is 0 Å². The van der Waals surface area contributed by atoms with Gasteiger partial charge in [-0.15, -0.1) is 74.6 Å². The first-order chi connectivity index (χ1) is 30.4. The van der Waals surface area contributed by atoms with Gasteiger partial charge >= 0.3 is 37.9 Å². The third kappa shape index (κ3) is 11.5. The molecule has 0 fully saturated rings. The zero-order valence-electron chi connectivity index (χ0n) is 37.6. The molecule has 0 N–H and O–H groups in total. The second kappa shape index (κ2) is 24.3. The van der Waals surface area contributed by atoms with Crippen molar-refractivity contribution in [1.29, 1.82) is 0 Å². The summed E-state index contributed by atoms with van der Waals surface area (Å²) in [5, 5.41) is 8.51. The molecule has 62 heavy (non-hydrogen) atoms. The van der Waals surface area contributed by atoms with Crippen LogP contribution in [0.5, 0.6) is 0 Å². The van der Waals surface area contributed by atoms with Crippen LogP contribution in [0.1, 0.15) is 101 Å². The van der Waals surface area contributed by atoms with Crippen LogP contribution >= 0.6 is 17.0 Å². The van der Waals surface area contributed by atoms with Gasteiger partial charge in [-0.25, -0.2) is 0 Å². The van der Waals surface area contributed by atoms with E-state index >= 15 is 0 Å². The Bertz CT molecular complexity index is 2460. The largest absolute Gasteiger partial charge is 0.184 e. The minimum absolute atomic E-state index is 0.795. The monoisotopic (exact) mass is 945 g/mol. The van der Waals surface area contributed by atoms with Crippen LogP contribution in [0.25, 0.3) is 54.9 Å². The molecule has 1 aliphatic rings. The van der Waals surface area contributed by atoms with Crippen LogP contribution in [-0.4, -0.2) is 9.52 Å². The summed E-state index contributed by atoms with van der Waals surface area (Å²) in [5.74, 6) is 0. The Kier molecular flexibility index (Phi) is 18.7. The fraction of sp³-hybridized carbons (Fsp3) is 0.276. The van der Waals surface area contributed by atoms with Crippen molar-refractivity contribution >= 4 is 58.5 Å². The van der Waals surface area contributed by atoms with E-state index in [-0.39, 0.29) is 0 Å². The Morgan fingerprint density at radius 3 is 1.39 bits per heavy atom. The summed E-state index contributed by atoms with van der Waals surface area (Å²) in [5.41, 5.74) is 17.4. The van der Waals surface area contributed by atoms with Gasteiger partial charge in [0.25, 0.3) is 0 Å². The predicted octanol–water partition coefficient (Wildman–Crippen LogP) is 15.9. The molecule has 0 atom stereocenters. The molecule has 4 heteroatoms. The Balaban J connectivity index is 0.000000155. The maximum absolute atomic E-state index is 4.93. The summed E-state index contributed by atoms with van der Waals surface area (Å²) in [6.45, 7) is 13.6. The summed E-state index contributed by atoms with van der Waals surface area (Å²) in [4.78, 5) is 0. The van der Waals surface area contributed by atoms with Gasteiger partial charge < -0.3 is 0 Å². The summed E-state index contributed by atoms with van der Waals surface area (Å²) < 4.78 is 0. The molecule has 0 spiro atoms. The molecule has 8 aromatic carbocycles. The molecule has 0 nitrogen and oxygen atoms in total. The summed E-state index contributed by atoms with van der Waals surface area (Å²) >= 11 is -0.826. The van der Waals surface area contributed by atoms with E-state index in [4.69, 9.17) is 17.0 Å². The third-order valence-electron chi connectivity index (χ3n) is 11.9. The number of benzene rings is 6. The van der Waals surface area contributed by atoms with Gasteiger partial charge in [-0.1, -0.05) is 173 Å². The first kappa shape index (κ1) is 47.7. The topological polar surface area (TPSA) is 0 Å². The van der Waals surface area contributed by atoms with Crippen molar-refractivity contribution in [3.8, 4) is 33.4 Å². The molecule has 0 aliphatic carbocycles. The zero-order valence-corrected chi connectivity index (χ0v) is 42.6. The minimum atomic E-state index is -0.826. The molecular weight excluding hydrogens is 887 g/mol. The van der Waals surface area contributed by atoms with Gasteiger partial charge in [-0.05, 0) is 60.8 Å². The minimum Gasteiger partial charge on any atom is -0.184 e. The second-order valence-electron chi connectivity index (χ2n) is 16.2. The predicted molar refractivity (Wildman–Crippen MR) is 272 cm³/mol. The van der Waals surface area contributed by atoms with Crippen LogP contribution < -0.4 is 10.4 Å². The quantitative estimate of drug-likeness (QED) is 0.0846. The molecule has 9 rings (SSSR count). The van der Waals surface area contributed by atoms with Crippen molar-refractivity contribution in [2.45, 2.75) is 106 Å². The van der Waals surface area contributed by atoms with Crippen molar-refractivity contribution in [3.63, 3.8) is 0 Å². The van der Waals surface area contributed by atoms with Crippen LogP contribution in [-0.2, 0) is 59.4 Å². The van der Waals surface area contributed by atoms with E-state index in [1.54, 1.807) is 0 Å². The average Bonchev–Trinajstić information content (AvgIpc) is 4.02. The van der Waals surface area contributed by atoms with E-state index in [9.17, 15) is 0 Å². The Hall–Kier alpha value is -3.78. The molecule has 0 unspecified atom stereocenters. The van der Waals surface area contributed by atoms with Gasteiger partial charge in [0.05, 0.1) is 9.52 Å². The Morgan fingerprint density at radius 1 is 0.484 bits per heavy atom. The number of halogens is 2. The maximum atomic E-state index is 4.93. The van der Waals surface area contributed by atoms with Gasteiger partial charge in [0, 0.05) is 0 Å². The standard InChI is InChI=1S/2C23H27.C12H7Si.2ClH.Zr/c2*1-4-9-17-15-20-14-13-19(10-5-2)23(22(20)16-17)21-12-8-7-11-18(21)6-3;1-3-7-11-9(5-1)10-6-2-4-8-12(10)13-11;;;/h2*7-8,11-16H,4-6,9-10H2,1-3H3;1-7H;2*1H;/q3*-1;;;+2/p-2. The first-order valence-corrected chi connectivity index (χ1v) is 30.2. The van der Waals surface area contributed by atoms with Crippen LogP contribution in [0.15, 0.2) is 140 Å². The second-order valence-corrected chi connectivity index (χ2v) is 21.2. The van der Waals surface area contributed by atoms with Crippen LogP contribution in [0.2, 0.25) is 0 Å². The van der Waals surface area contributed by atoms with Gasteiger partial charge in [0.2, 0.25) is 0 Å². The molecule has 0 saturated carbocycles. The molecule has 1 heterocycles. The smallest absolute Gasteiger partial charge is 0.0920 e. The Morgan fingerprint density at radius 2 is 0.919 bits per heavy atom. The molecule has 318 valence electrons. The molecule has 0 aromatic heterocycles. The van der Waals surface area contributed by atoms with Crippen molar-refractivity contribution in [3.05, 3.63) is 179 Å². The fourth-order valence-electron chi connectivity index (χ4n) is 9.11. The van der Waals surface area contributed by atoms with Gasteiger partial charge in [-0.2, -0.15) is 41.6 Å². The number of rotatable bonds is 12. The van der Waals surface area contributed by atoms with Crippen molar-refractivity contribution in [2.75, 3.05) is 0 Å². The van der Waals surface area contributed by atoms with Crippen molar-refractivity contribution in [2.24, 2.45) is 0 Å². The van der Waals surface area contributed by atoms with E-state index in [1.807, 2.05) is 6.07 Å². The fourth-order valence-corrected chi connectivity index (χ4v) is 10.4. The third-order valence-corrected chi connectivity index (χ3v) is 13.2. The Labute approximate surface area is 394 Å². The van der Waals surface area contributed by atoms with Crippen molar-refractivity contribution < 1.29 is 20.8 Å². The SMILES string of the molecule is CCCc1cc2c(-c3ccccc3CC)c(CCC)ccc2[cH-]1.CCCc1cc2c(-c3ccccc3CC)c(CCC)ccc2[cH-]1.[Cl][Zr][Cl].[c-]1cccc2c1[Si]c1ccccc1-2. The number of hydrogen-bond acceptors (Lipinski definition) is 0. The molecule has 0 saturated heterocycles. The summed E-state index contributed by atoms with van der Waals surface area (Å²) in [6, 6.07) is 55.0. The van der Waals surface area contributed by atoms with E-state index in [2.05, 4.69) is 181 Å². The van der Waals surface area contributed by atoms with E-state index in [0.29, 0.717) is 0 Å². The zero-order chi connectivity index (χ0) is 43.8. The van der Waals surface area contributed by atoms with E-state index < -0.39 is 20.8 Å². The molecule has 1 aliphatic heterocycles. The number of hydrogen-bond donors (Lipinski definition) is 0. The average molecular weight is 948 g/mol. The molecular formula is C58H61Cl2SiZr-3. The number of fused-ring (bicyclic) bond motifs is 5. The maximum Gasteiger partial charge on any atom is 0.0920 e. The van der Waals surface area contributed by atoms with Crippen LogP contribution in [0.4, 0.5) is 0 Å². The molecule has 8 aromatic rings. The molecule has 0 bridgehead atoms. The van der Waals surface area contributed by atoms with Gasteiger partial charge in [0.15, 0.2) is 0 Å². The first-order valence-electron chi connectivity index (χ1n) is 22.8.